The van der Waals surface area contributed by atoms with Gasteiger partial charge in [0.15, 0.2) is 0 Å². The van der Waals surface area contributed by atoms with E-state index in [2.05, 4.69) is 10.3 Å². The van der Waals surface area contributed by atoms with Crippen LogP contribution < -0.4 is 5.32 Å². The third-order valence-electron chi connectivity index (χ3n) is 3.88. The molecule has 1 N–H and O–H groups in total. The number of rotatable bonds is 5. The van der Waals surface area contributed by atoms with Crippen molar-refractivity contribution in [2.24, 2.45) is 5.92 Å². The lowest BCUT2D eigenvalue weighted by molar-refractivity contribution is 0.0783. The third kappa shape index (κ3) is 2.99. The van der Waals surface area contributed by atoms with Crippen LogP contribution in [0.2, 0.25) is 0 Å². The monoisotopic (exact) mass is 283 g/mol. The minimum absolute atomic E-state index is 0.00630. The lowest BCUT2D eigenvalue weighted by atomic mass is 10.1. The number of carbonyl (C=O) groups is 1. The van der Waals surface area contributed by atoms with Gasteiger partial charge in [-0.2, -0.15) is 0 Å². The SMILES string of the molecule is CCNc1nc(C(=O)N(C)CC2CC2)cc2ccccc12. The highest BCUT2D eigenvalue weighted by Crippen LogP contribution is 2.30. The minimum Gasteiger partial charge on any atom is -0.370 e. The number of nitrogens with one attached hydrogen (secondary N) is 1. The number of pyridine rings is 1. The minimum atomic E-state index is 0.00630. The normalized spacial score (nSPS) is 14.2. The Morgan fingerprint density at radius 3 is 2.86 bits per heavy atom. The molecule has 1 saturated carbocycles. The van der Waals surface area contributed by atoms with Crippen LogP contribution in [-0.2, 0) is 0 Å². The Hall–Kier alpha value is -2.10. The molecule has 0 saturated heterocycles. The number of aromatic nitrogens is 1. The maximum atomic E-state index is 12.5. The molecule has 0 radical (unpaired) electrons. The van der Waals surface area contributed by atoms with Crippen LogP contribution in [0.5, 0.6) is 0 Å². The van der Waals surface area contributed by atoms with Gasteiger partial charge in [0.05, 0.1) is 0 Å². The second kappa shape index (κ2) is 5.72. The van der Waals surface area contributed by atoms with Crippen molar-refractivity contribution >= 4 is 22.5 Å². The standard InChI is InChI=1S/C17H21N3O/c1-3-18-16-14-7-5-4-6-13(14)10-15(19-16)17(21)20(2)11-12-8-9-12/h4-7,10,12H,3,8-9,11H2,1-2H3,(H,18,19). The van der Waals surface area contributed by atoms with Gasteiger partial charge in [0.25, 0.3) is 5.91 Å². The molecule has 21 heavy (non-hydrogen) atoms. The van der Waals surface area contributed by atoms with Crippen LogP contribution in [0.1, 0.15) is 30.3 Å². The molecule has 0 aliphatic heterocycles. The van der Waals surface area contributed by atoms with Gasteiger partial charge in [-0.3, -0.25) is 4.79 Å². The molecule has 1 aromatic heterocycles. The summed E-state index contributed by atoms with van der Waals surface area (Å²) in [6.07, 6.45) is 2.48. The predicted molar refractivity (Wildman–Crippen MR) is 85.6 cm³/mol. The first-order valence-corrected chi connectivity index (χ1v) is 7.58. The highest BCUT2D eigenvalue weighted by atomic mass is 16.2. The molecule has 1 aliphatic rings. The molecule has 4 nitrogen and oxygen atoms in total. The van der Waals surface area contributed by atoms with Gasteiger partial charge in [-0.05, 0) is 37.1 Å². The predicted octanol–water partition coefficient (Wildman–Crippen LogP) is 3.15. The Labute approximate surface area is 125 Å². The average Bonchev–Trinajstić information content (AvgIpc) is 3.30. The number of carbonyl (C=O) groups excluding carboxylic acids is 1. The van der Waals surface area contributed by atoms with Gasteiger partial charge in [-0.1, -0.05) is 24.3 Å². The molecule has 3 rings (SSSR count). The Morgan fingerprint density at radius 2 is 2.14 bits per heavy atom. The molecule has 4 heteroatoms. The molecule has 1 fully saturated rings. The van der Waals surface area contributed by atoms with Gasteiger partial charge in [-0.25, -0.2) is 4.98 Å². The van der Waals surface area contributed by atoms with Crippen molar-refractivity contribution in [2.45, 2.75) is 19.8 Å². The fraction of sp³-hybridized carbons (Fsp3) is 0.412. The quantitative estimate of drug-likeness (QED) is 0.917. The highest BCUT2D eigenvalue weighted by Gasteiger charge is 2.26. The average molecular weight is 283 g/mol. The summed E-state index contributed by atoms with van der Waals surface area (Å²) in [6, 6.07) is 9.92. The number of nitrogens with zero attached hydrogens (tertiary/aromatic N) is 2. The van der Waals surface area contributed by atoms with E-state index in [1.54, 1.807) is 4.90 Å². The summed E-state index contributed by atoms with van der Waals surface area (Å²) < 4.78 is 0. The van der Waals surface area contributed by atoms with E-state index in [4.69, 9.17) is 0 Å². The Kier molecular flexibility index (Phi) is 3.78. The Morgan fingerprint density at radius 1 is 1.38 bits per heavy atom. The molecule has 0 unspecified atom stereocenters. The van der Waals surface area contributed by atoms with E-state index in [0.717, 1.165) is 29.7 Å². The van der Waals surface area contributed by atoms with Crippen LogP contribution in [0, 0.1) is 5.92 Å². The molecule has 0 spiro atoms. The van der Waals surface area contributed by atoms with Crippen molar-refractivity contribution in [2.75, 3.05) is 25.5 Å². The van der Waals surface area contributed by atoms with Crippen LogP contribution in [0.15, 0.2) is 30.3 Å². The Bertz CT molecular complexity index is 664. The van der Waals surface area contributed by atoms with Gasteiger partial charge in [-0.15, -0.1) is 0 Å². The van der Waals surface area contributed by atoms with E-state index in [0.29, 0.717) is 11.6 Å². The fourth-order valence-electron chi connectivity index (χ4n) is 2.58. The van der Waals surface area contributed by atoms with Gasteiger partial charge in [0, 0.05) is 25.5 Å². The molecule has 0 atom stereocenters. The van der Waals surface area contributed by atoms with Crippen molar-refractivity contribution in [3.63, 3.8) is 0 Å². The zero-order chi connectivity index (χ0) is 14.8. The van der Waals surface area contributed by atoms with Crippen molar-refractivity contribution in [3.05, 3.63) is 36.0 Å². The maximum Gasteiger partial charge on any atom is 0.272 e. The summed E-state index contributed by atoms with van der Waals surface area (Å²) in [5.74, 6) is 1.48. The molecule has 2 aromatic rings. The van der Waals surface area contributed by atoms with Gasteiger partial charge >= 0.3 is 0 Å². The summed E-state index contributed by atoms with van der Waals surface area (Å²) >= 11 is 0. The zero-order valence-electron chi connectivity index (χ0n) is 12.6. The number of hydrogen-bond acceptors (Lipinski definition) is 3. The summed E-state index contributed by atoms with van der Waals surface area (Å²) in [5.41, 5.74) is 0.521. The highest BCUT2D eigenvalue weighted by molar-refractivity contribution is 6.00. The van der Waals surface area contributed by atoms with Gasteiger partial charge in [0.2, 0.25) is 0 Å². The summed E-state index contributed by atoms with van der Waals surface area (Å²) in [4.78, 5) is 18.9. The van der Waals surface area contributed by atoms with Crippen LogP contribution >= 0.6 is 0 Å². The van der Waals surface area contributed by atoms with E-state index >= 15 is 0 Å². The van der Waals surface area contributed by atoms with Gasteiger partial charge < -0.3 is 10.2 Å². The van der Waals surface area contributed by atoms with E-state index in [-0.39, 0.29) is 5.91 Å². The second-order valence-corrected chi connectivity index (χ2v) is 5.74. The topological polar surface area (TPSA) is 45.2 Å². The number of anilines is 1. The molecular weight excluding hydrogens is 262 g/mol. The fourth-order valence-corrected chi connectivity index (χ4v) is 2.58. The molecule has 110 valence electrons. The van der Waals surface area contributed by atoms with E-state index < -0.39 is 0 Å². The van der Waals surface area contributed by atoms with Crippen LogP contribution in [0.25, 0.3) is 10.8 Å². The number of hydrogen-bond donors (Lipinski definition) is 1. The largest absolute Gasteiger partial charge is 0.370 e. The lowest BCUT2D eigenvalue weighted by Gasteiger charge is -2.17. The Balaban J connectivity index is 1.95. The van der Waals surface area contributed by atoms with Crippen molar-refractivity contribution in [1.82, 2.24) is 9.88 Å². The summed E-state index contributed by atoms with van der Waals surface area (Å²) in [7, 11) is 1.87. The van der Waals surface area contributed by atoms with E-state index in [1.807, 2.05) is 44.3 Å². The first-order chi connectivity index (χ1) is 10.2. The number of benzene rings is 1. The number of amides is 1. The molecule has 0 bridgehead atoms. The molecule has 1 aromatic carbocycles. The zero-order valence-corrected chi connectivity index (χ0v) is 12.6. The molecular formula is C17H21N3O. The van der Waals surface area contributed by atoms with Crippen LogP contribution in [0.3, 0.4) is 0 Å². The molecule has 1 heterocycles. The lowest BCUT2D eigenvalue weighted by Crippen LogP contribution is -2.29. The first kappa shape index (κ1) is 13.9. The maximum absolute atomic E-state index is 12.5. The van der Waals surface area contributed by atoms with Crippen LogP contribution in [0.4, 0.5) is 5.82 Å². The summed E-state index contributed by atoms with van der Waals surface area (Å²) in [5, 5.41) is 5.36. The third-order valence-corrected chi connectivity index (χ3v) is 3.88. The first-order valence-electron chi connectivity index (χ1n) is 7.58. The van der Waals surface area contributed by atoms with Crippen molar-refractivity contribution < 1.29 is 4.79 Å². The van der Waals surface area contributed by atoms with Crippen molar-refractivity contribution in [1.29, 1.82) is 0 Å². The second-order valence-electron chi connectivity index (χ2n) is 5.74. The summed E-state index contributed by atoms with van der Waals surface area (Å²) in [6.45, 7) is 3.65. The van der Waals surface area contributed by atoms with Crippen LogP contribution in [-0.4, -0.2) is 35.9 Å². The number of fused-ring (bicyclic) bond motifs is 1. The van der Waals surface area contributed by atoms with Gasteiger partial charge in [0.1, 0.15) is 11.5 Å². The van der Waals surface area contributed by atoms with Crippen molar-refractivity contribution in [3.8, 4) is 0 Å². The molecule has 1 amide bonds. The van der Waals surface area contributed by atoms with E-state index in [1.165, 1.54) is 12.8 Å². The van der Waals surface area contributed by atoms with E-state index in [9.17, 15) is 4.79 Å². The smallest absolute Gasteiger partial charge is 0.272 e. The molecule has 1 aliphatic carbocycles.